The molecule has 1 aromatic rings. The van der Waals surface area contributed by atoms with Crippen LogP contribution in [-0.4, -0.2) is 34.1 Å². The predicted octanol–water partition coefficient (Wildman–Crippen LogP) is 4.47. The molecule has 150 valence electrons. The Morgan fingerprint density at radius 3 is 2.72 bits per heavy atom. The number of carbonyl (C=O) groups is 1. The summed E-state index contributed by atoms with van der Waals surface area (Å²) < 4.78 is 6.12. The van der Waals surface area contributed by atoms with Crippen molar-refractivity contribution < 1.29 is 9.53 Å². The number of nitrogens with zero attached hydrogens (tertiary/aromatic N) is 1. The Morgan fingerprint density at radius 1 is 1.21 bits per heavy atom. The zero-order valence-electron chi connectivity index (χ0n) is 18.0. The Hall–Kier alpha value is -2.31. The molecule has 3 heterocycles. The zero-order valence-corrected chi connectivity index (χ0v) is 18.0. The lowest BCUT2D eigenvalue weighted by molar-refractivity contribution is -0.152. The quantitative estimate of drug-likeness (QED) is 0.526. The molecule has 0 saturated carbocycles. The van der Waals surface area contributed by atoms with Gasteiger partial charge in [0.15, 0.2) is 5.60 Å². The molecule has 0 unspecified atom stereocenters. The van der Waals surface area contributed by atoms with E-state index in [4.69, 9.17) is 4.74 Å². The molecule has 4 atom stereocenters. The van der Waals surface area contributed by atoms with Gasteiger partial charge in [0.1, 0.15) is 0 Å². The van der Waals surface area contributed by atoms with E-state index in [9.17, 15) is 4.79 Å². The predicted molar refractivity (Wildman–Crippen MR) is 114 cm³/mol. The third-order valence-electron chi connectivity index (χ3n) is 7.82. The molecule has 5 rings (SSSR count). The highest BCUT2D eigenvalue weighted by Crippen LogP contribution is 2.61. The normalized spacial score (nSPS) is 34.9. The van der Waals surface area contributed by atoms with E-state index in [-0.39, 0.29) is 17.6 Å². The van der Waals surface area contributed by atoms with Gasteiger partial charge in [-0.25, -0.2) is 4.79 Å². The lowest BCUT2D eigenvalue weighted by Gasteiger charge is -2.42. The number of esters is 1. The molecule has 0 radical (unpaired) electrons. The number of benzene rings is 1. The van der Waals surface area contributed by atoms with E-state index < -0.39 is 5.60 Å². The summed E-state index contributed by atoms with van der Waals surface area (Å²) in [6.45, 7) is 11.1. The van der Waals surface area contributed by atoms with Gasteiger partial charge >= 0.3 is 5.97 Å². The number of rotatable bonds is 1. The summed E-state index contributed by atoms with van der Waals surface area (Å²) in [4.78, 5) is 15.1. The highest BCUT2D eigenvalue weighted by molar-refractivity contribution is 5.90. The summed E-state index contributed by atoms with van der Waals surface area (Å²) in [6, 6.07) is 7.12. The van der Waals surface area contributed by atoms with Gasteiger partial charge in [0, 0.05) is 41.3 Å². The summed E-state index contributed by atoms with van der Waals surface area (Å²) in [5.74, 6) is 7.12. The Labute approximate surface area is 173 Å². The maximum Gasteiger partial charge on any atom is 0.332 e. The third-order valence-corrected chi connectivity index (χ3v) is 7.82. The van der Waals surface area contributed by atoms with Crippen molar-refractivity contribution in [3.63, 3.8) is 0 Å². The first kappa shape index (κ1) is 18.7. The van der Waals surface area contributed by atoms with Gasteiger partial charge in [-0.05, 0) is 62.8 Å². The van der Waals surface area contributed by atoms with Gasteiger partial charge in [-0.3, -0.25) is 4.90 Å². The van der Waals surface area contributed by atoms with Crippen LogP contribution in [0.3, 0.4) is 0 Å². The van der Waals surface area contributed by atoms with Gasteiger partial charge in [0.2, 0.25) is 0 Å². The van der Waals surface area contributed by atoms with Crippen molar-refractivity contribution in [2.45, 2.75) is 77.1 Å². The summed E-state index contributed by atoms with van der Waals surface area (Å²) in [7, 11) is 0. The molecule has 2 bridgehead atoms. The van der Waals surface area contributed by atoms with Gasteiger partial charge in [-0.15, -0.1) is 0 Å². The van der Waals surface area contributed by atoms with Crippen LogP contribution < -0.4 is 0 Å². The number of fused-ring (bicyclic) bond motifs is 3. The first-order valence-corrected chi connectivity index (χ1v) is 10.8. The smallest absolute Gasteiger partial charge is 0.332 e. The fourth-order valence-corrected chi connectivity index (χ4v) is 6.18. The van der Waals surface area contributed by atoms with Crippen molar-refractivity contribution in [3.05, 3.63) is 58.2 Å². The maximum absolute atomic E-state index is 12.4. The highest BCUT2D eigenvalue weighted by atomic mass is 16.6. The Morgan fingerprint density at radius 2 is 2.00 bits per heavy atom. The molecule has 3 aliphatic heterocycles. The van der Waals surface area contributed by atoms with Crippen LogP contribution in [0.5, 0.6) is 0 Å². The van der Waals surface area contributed by atoms with Crippen molar-refractivity contribution >= 4 is 5.97 Å². The number of carbonyl (C=O) groups excluding carboxylic acids is 1. The van der Waals surface area contributed by atoms with E-state index in [2.05, 4.69) is 75.6 Å². The van der Waals surface area contributed by atoms with E-state index in [1.165, 1.54) is 11.1 Å². The number of hydrogen-bond donors (Lipinski definition) is 0. The third kappa shape index (κ3) is 2.45. The molecule has 0 amide bonds. The van der Waals surface area contributed by atoms with Crippen LogP contribution in [-0.2, 0) is 9.53 Å². The molecule has 2 saturated heterocycles. The molecule has 2 fully saturated rings. The van der Waals surface area contributed by atoms with E-state index in [0.717, 1.165) is 36.0 Å². The van der Waals surface area contributed by atoms with Crippen molar-refractivity contribution in [2.75, 3.05) is 0 Å². The minimum atomic E-state index is -0.541. The molecule has 3 heteroatoms. The first-order chi connectivity index (χ1) is 13.7. The molecule has 0 N–H and O–H groups in total. The molecule has 3 nitrogen and oxygen atoms in total. The van der Waals surface area contributed by atoms with Gasteiger partial charge in [0.25, 0.3) is 0 Å². The van der Waals surface area contributed by atoms with Crippen LogP contribution in [0.2, 0.25) is 0 Å². The lowest BCUT2D eigenvalue weighted by Crippen LogP contribution is -2.55. The van der Waals surface area contributed by atoms with Crippen molar-refractivity contribution in [2.24, 2.45) is 5.92 Å². The maximum atomic E-state index is 12.4. The molecule has 1 spiro atoms. The van der Waals surface area contributed by atoms with Crippen molar-refractivity contribution in [3.8, 4) is 11.8 Å². The standard InChI is InChI=1S/C26H29NO2/c1-16(2)23-10-11-25(5)26-15-21(27(23)25)13-20(22(26)14-24(28)29-26)9-8-19-7-6-17(3)18(4)12-19/h6-7,12-14,16,21,23H,10-11,15H2,1-5H3/t21-,23-,25-,26+/m1/s1. The van der Waals surface area contributed by atoms with E-state index in [1.807, 2.05) is 0 Å². The molecular weight excluding hydrogens is 358 g/mol. The minimum absolute atomic E-state index is 0.148. The fourth-order valence-electron chi connectivity index (χ4n) is 6.18. The molecule has 29 heavy (non-hydrogen) atoms. The minimum Gasteiger partial charge on any atom is -0.449 e. The average Bonchev–Trinajstić information content (AvgIpc) is 3.26. The van der Waals surface area contributed by atoms with Gasteiger partial charge < -0.3 is 4.74 Å². The van der Waals surface area contributed by atoms with E-state index >= 15 is 0 Å². The van der Waals surface area contributed by atoms with Crippen LogP contribution in [0.15, 0.2) is 41.5 Å². The summed E-state index contributed by atoms with van der Waals surface area (Å²) >= 11 is 0. The Bertz CT molecular complexity index is 1040. The van der Waals surface area contributed by atoms with Gasteiger partial charge in [-0.1, -0.05) is 37.8 Å². The topological polar surface area (TPSA) is 29.5 Å². The zero-order chi connectivity index (χ0) is 20.6. The monoisotopic (exact) mass is 387 g/mol. The number of hydrogen-bond acceptors (Lipinski definition) is 3. The van der Waals surface area contributed by atoms with E-state index in [0.29, 0.717) is 12.0 Å². The van der Waals surface area contributed by atoms with Crippen molar-refractivity contribution in [1.82, 2.24) is 4.90 Å². The summed E-state index contributed by atoms with van der Waals surface area (Å²) in [5.41, 5.74) is 4.82. The Kier molecular flexibility index (Phi) is 3.93. The second-order valence-corrected chi connectivity index (χ2v) is 9.74. The van der Waals surface area contributed by atoms with Gasteiger partial charge in [0.05, 0.1) is 5.54 Å². The lowest BCUT2D eigenvalue weighted by atomic mass is 9.71. The van der Waals surface area contributed by atoms with Crippen molar-refractivity contribution in [1.29, 1.82) is 0 Å². The Balaban J connectivity index is 1.60. The van der Waals surface area contributed by atoms with E-state index in [1.54, 1.807) is 6.08 Å². The SMILES string of the molecule is Cc1ccc(C#CC2=C[C@@H]3C[C@@]4(OC(=O)C=C24)[C@@]2(C)CC[C@H](C(C)C)N32)cc1C. The van der Waals surface area contributed by atoms with Crippen LogP contribution in [0, 0.1) is 31.6 Å². The molecule has 0 aromatic heterocycles. The number of aryl methyl sites for hydroxylation is 2. The average molecular weight is 388 g/mol. The molecular formula is C26H29NO2. The van der Waals surface area contributed by atoms with Crippen LogP contribution in [0.4, 0.5) is 0 Å². The highest BCUT2D eigenvalue weighted by Gasteiger charge is 2.71. The van der Waals surface area contributed by atoms with Crippen LogP contribution >= 0.6 is 0 Å². The second kappa shape index (κ2) is 6.09. The van der Waals surface area contributed by atoms with Crippen LogP contribution in [0.1, 0.15) is 56.7 Å². The second-order valence-electron chi connectivity index (χ2n) is 9.74. The summed E-state index contributed by atoms with van der Waals surface area (Å²) in [6.07, 6.45) is 7.08. The number of ether oxygens (including phenoxy) is 1. The first-order valence-electron chi connectivity index (χ1n) is 10.8. The molecule has 1 aliphatic carbocycles. The molecule has 1 aromatic carbocycles. The fraction of sp³-hybridized carbons (Fsp3) is 0.500. The summed E-state index contributed by atoms with van der Waals surface area (Å²) in [5, 5.41) is 0. The largest absolute Gasteiger partial charge is 0.449 e. The van der Waals surface area contributed by atoms with Gasteiger partial charge in [-0.2, -0.15) is 0 Å². The van der Waals surface area contributed by atoms with Crippen LogP contribution in [0.25, 0.3) is 0 Å². The molecule has 4 aliphatic rings.